The molecule has 0 unspecified atom stereocenters. The summed E-state index contributed by atoms with van der Waals surface area (Å²) in [6.45, 7) is 9.90. The monoisotopic (exact) mass is 464 g/mol. The maximum Gasteiger partial charge on any atom is 0.410 e. The molecule has 0 aromatic rings. The fourth-order valence-corrected chi connectivity index (χ4v) is 2.11. The van der Waals surface area contributed by atoms with Crippen molar-refractivity contribution < 1.29 is 43.2 Å². The molecule has 0 spiro atoms. The predicted octanol–water partition coefficient (Wildman–Crippen LogP) is 1.29. The van der Waals surface area contributed by atoms with Crippen LogP contribution in [-0.4, -0.2) is 107 Å². The summed E-state index contributed by atoms with van der Waals surface area (Å²) < 4.78 is 26.8. The lowest BCUT2D eigenvalue weighted by atomic mass is 10.2. The molecule has 0 aliphatic carbocycles. The number of rotatable bonds is 19. The largest absolute Gasteiger partial charge is 0.481 e. The number of carboxylic acid groups (broad SMARTS) is 1. The van der Waals surface area contributed by atoms with Crippen LogP contribution >= 0.6 is 0 Å². The molecule has 0 saturated carbocycles. The highest BCUT2D eigenvalue weighted by Crippen LogP contribution is 2.08. The van der Waals surface area contributed by atoms with Gasteiger partial charge in [-0.2, -0.15) is 0 Å². The number of carbonyl (C=O) groups is 3. The van der Waals surface area contributed by atoms with Gasteiger partial charge in [-0.25, -0.2) is 4.79 Å². The molecule has 11 nitrogen and oxygen atoms in total. The molecule has 0 fully saturated rings. The maximum absolute atomic E-state index is 11.8. The van der Waals surface area contributed by atoms with Crippen LogP contribution in [-0.2, 0) is 33.3 Å². The van der Waals surface area contributed by atoms with Crippen LogP contribution in [0.2, 0.25) is 0 Å². The first-order valence-corrected chi connectivity index (χ1v) is 10.9. The first-order chi connectivity index (χ1) is 15.1. The van der Waals surface area contributed by atoms with Gasteiger partial charge >= 0.3 is 12.1 Å². The van der Waals surface area contributed by atoms with Gasteiger partial charge in [-0.1, -0.05) is 0 Å². The zero-order valence-electron chi connectivity index (χ0n) is 19.9. The standard InChI is InChI=1S/C21H40N2O9/c1-21(2,3)32-20(27)23(4)9-11-29-13-15-31-17-16-30-14-12-28-10-5-8-22-18(24)6-7-19(25)26/h5-17H2,1-4H3,(H,22,24)(H,25,26). The van der Waals surface area contributed by atoms with E-state index < -0.39 is 11.6 Å². The molecule has 0 radical (unpaired) electrons. The summed E-state index contributed by atoms with van der Waals surface area (Å²) >= 11 is 0. The lowest BCUT2D eigenvalue weighted by molar-refractivity contribution is -0.138. The Hall–Kier alpha value is -1.95. The molecule has 0 aromatic heterocycles. The summed E-state index contributed by atoms with van der Waals surface area (Å²) in [6, 6.07) is 0. The molecule has 11 heteroatoms. The third-order valence-corrected chi connectivity index (χ3v) is 3.75. The molecule has 0 heterocycles. The van der Waals surface area contributed by atoms with Crippen molar-refractivity contribution in [3.05, 3.63) is 0 Å². The SMILES string of the molecule is CN(CCOCCOCCOCCOCCCNC(=O)CCC(=O)O)C(=O)OC(C)(C)C. The summed E-state index contributed by atoms with van der Waals surface area (Å²) in [5.74, 6) is -1.25. The highest BCUT2D eigenvalue weighted by Gasteiger charge is 2.19. The van der Waals surface area contributed by atoms with Crippen molar-refractivity contribution in [2.45, 2.75) is 45.6 Å². The van der Waals surface area contributed by atoms with Crippen LogP contribution in [0.4, 0.5) is 4.79 Å². The highest BCUT2D eigenvalue weighted by molar-refractivity contribution is 5.80. The first-order valence-electron chi connectivity index (χ1n) is 10.9. The van der Waals surface area contributed by atoms with Crippen LogP contribution in [0.5, 0.6) is 0 Å². The minimum atomic E-state index is -0.984. The van der Waals surface area contributed by atoms with E-state index in [1.54, 1.807) is 7.05 Å². The summed E-state index contributed by atoms with van der Waals surface area (Å²) in [7, 11) is 1.66. The number of nitrogens with zero attached hydrogens (tertiary/aromatic N) is 1. The fourth-order valence-electron chi connectivity index (χ4n) is 2.11. The fraction of sp³-hybridized carbons (Fsp3) is 0.857. The Kier molecular flexibility index (Phi) is 17.5. The van der Waals surface area contributed by atoms with Crippen LogP contribution in [0.15, 0.2) is 0 Å². The van der Waals surface area contributed by atoms with Gasteiger partial charge in [0.15, 0.2) is 0 Å². The average molecular weight is 465 g/mol. The Balaban J connectivity index is 3.31. The number of hydrogen-bond donors (Lipinski definition) is 2. The molecule has 0 aliphatic rings. The van der Waals surface area contributed by atoms with E-state index in [1.165, 1.54) is 4.90 Å². The van der Waals surface area contributed by atoms with Crippen LogP contribution in [0.1, 0.15) is 40.0 Å². The first kappa shape index (κ1) is 30.0. The van der Waals surface area contributed by atoms with E-state index in [4.69, 9.17) is 28.8 Å². The van der Waals surface area contributed by atoms with Gasteiger partial charge in [0, 0.05) is 33.2 Å². The lowest BCUT2D eigenvalue weighted by Gasteiger charge is -2.24. The van der Waals surface area contributed by atoms with E-state index in [1.807, 2.05) is 20.8 Å². The van der Waals surface area contributed by atoms with Gasteiger partial charge in [0.2, 0.25) is 5.91 Å². The zero-order chi connectivity index (χ0) is 24.2. The third-order valence-electron chi connectivity index (χ3n) is 3.75. The van der Waals surface area contributed by atoms with Gasteiger partial charge in [0.1, 0.15) is 5.60 Å². The molecule has 0 saturated heterocycles. The van der Waals surface area contributed by atoms with E-state index in [0.29, 0.717) is 72.4 Å². The minimum absolute atomic E-state index is 0.0102. The summed E-state index contributed by atoms with van der Waals surface area (Å²) in [4.78, 5) is 34.9. The smallest absolute Gasteiger partial charge is 0.410 e. The number of carbonyl (C=O) groups excluding carboxylic acids is 2. The van der Waals surface area contributed by atoms with Crippen molar-refractivity contribution in [3.63, 3.8) is 0 Å². The molecule has 188 valence electrons. The average Bonchev–Trinajstić information content (AvgIpc) is 2.70. The van der Waals surface area contributed by atoms with E-state index >= 15 is 0 Å². The number of likely N-dealkylation sites (N-methyl/N-ethyl adjacent to an activating group) is 1. The van der Waals surface area contributed by atoms with Gasteiger partial charge in [-0.15, -0.1) is 0 Å². The number of ether oxygens (including phenoxy) is 5. The summed E-state index contributed by atoms with van der Waals surface area (Å²) in [5, 5.41) is 11.1. The number of aliphatic carboxylic acids is 1. The second-order valence-corrected chi connectivity index (χ2v) is 7.95. The van der Waals surface area contributed by atoms with E-state index in [-0.39, 0.29) is 24.8 Å². The lowest BCUT2D eigenvalue weighted by Crippen LogP contribution is -2.36. The minimum Gasteiger partial charge on any atom is -0.481 e. The highest BCUT2D eigenvalue weighted by atomic mass is 16.6. The van der Waals surface area contributed by atoms with Crippen LogP contribution in [0.3, 0.4) is 0 Å². The molecule has 0 bridgehead atoms. The number of carboxylic acids is 1. The van der Waals surface area contributed by atoms with Gasteiger partial charge < -0.3 is 39.0 Å². The predicted molar refractivity (Wildman–Crippen MR) is 117 cm³/mol. The third kappa shape index (κ3) is 21.3. The molecule has 0 rings (SSSR count). The quantitative estimate of drug-likeness (QED) is 0.271. The second kappa shape index (κ2) is 18.6. The zero-order valence-corrected chi connectivity index (χ0v) is 19.9. The van der Waals surface area contributed by atoms with Crippen molar-refractivity contribution in [3.8, 4) is 0 Å². The van der Waals surface area contributed by atoms with Gasteiger partial charge in [-0.3, -0.25) is 9.59 Å². The number of amides is 2. The van der Waals surface area contributed by atoms with Gasteiger partial charge in [0.05, 0.1) is 52.7 Å². The van der Waals surface area contributed by atoms with E-state index in [2.05, 4.69) is 5.32 Å². The van der Waals surface area contributed by atoms with Gasteiger partial charge in [0.25, 0.3) is 0 Å². The molecule has 0 aromatic carbocycles. The molecule has 0 aliphatic heterocycles. The van der Waals surface area contributed by atoms with Crippen LogP contribution in [0.25, 0.3) is 0 Å². The number of hydrogen-bond acceptors (Lipinski definition) is 8. The second-order valence-electron chi connectivity index (χ2n) is 7.95. The molecular weight excluding hydrogens is 424 g/mol. The Morgan fingerprint density at radius 2 is 1.31 bits per heavy atom. The van der Waals surface area contributed by atoms with Crippen LogP contribution < -0.4 is 5.32 Å². The van der Waals surface area contributed by atoms with Crippen molar-refractivity contribution in [2.75, 3.05) is 73.0 Å². The van der Waals surface area contributed by atoms with E-state index in [0.717, 1.165) is 0 Å². The van der Waals surface area contributed by atoms with E-state index in [9.17, 15) is 14.4 Å². The summed E-state index contributed by atoms with van der Waals surface area (Å²) in [6.07, 6.45) is 0.0986. The molecule has 32 heavy (non-hydrogen) atoms. The normalized spacial score (nSPS) is 11.2. The number of nitrogens with one attached hydrogen (secondary N) is 1. The Morgan fingerprint density at radius 1 is 0.812 bits per heavy atom. The van der Waals surface area contributed by atoms with Crippen molar-refractivity contribution >= 4 is 18.0 Å². The van der Waals surface area contributed by atoms with Crippen molar-refractivity contribution in [1.82, 2.24) is 10.2 Å². The Bertz CT molecular complexity index is 524. The Labute approximate surface area is 190 Å². The molecular formula is C21H40N2O9. The topological polar surface area (TPSA) is 133 Å². The van der Waals surface area contributed by atoms with Gasteiger partial charge in [-0.05, 0) is 27.2 Å². The molecule has 2 amide bonds. The van der Waals surface area contributed by atoms with Crippen molar-refractivity contribution in [2.24, 2.45) is 0 Å². The van der Waals surface area contributed by atoms with Crippen LogP contribution in [0, 0.1) is 0 Å². The maximum atomic E-state index is 11.8. The van der Waals surface area contributed by atoms with Crippen molar-refractivity contribution in [1.29, 1.82) is 0 Å². The summed E-state index contributed by atoms with van der Waals surface area (Å²) in [5.41, 5.74) is -0.515. The molecule has 2 N–H and O–H groups in total. The Morgan fingerprint density at radius 3 is 1.81 bits per heavy atom. The molecule has 0 atom stereocenters.